The van der Waals surface area contributed by atoms with Gasteiger partial charge < -0.3 is 15.2 Å². The van der Waals surface area contributed by atoms with Crippen LogP contribution in [0.4, 0.5) is 0 Å². The minimum Gasteiger partial charge on any atom is -0.481 e. The molecule has 0 amide bonds. The van der Waals surface area contributed by atoms with Crippen molar-refractivity contribution < 1.29 is 9.90 Å². The average Bonchev–Trinajstić information content (AvgIpc) is 2.56. The number of aryl methyl sites for hydroxylation is 1. The summed E-state index contributed by atoms with van der Waals surface area (Å²) in [6.45, 7) is 1.87. The van der Waals surface area contributed by atoms with E-state index in [-0.39, 0.29) is 6.42 Å². The molecule has 3 N–H and O–H groups in total. The van der Waals surface area contributed by atoms with E-state index in [0.717, 1.165) is 11.3 Å². The van der Waals surface area contributed by atoms with E-state index in [2.05, 4.69) is 4.98 Å². The maximum atomic E-state index is 10.6. The molecule has 2 rings (SSSR count). The second-order valence-corrected chi connectivity index (χ2v) is 3.70. The van der Waals surface area contributed by atoms with Crippen LogP contribution in [-0.4, -0.2) is 20.5 Å². The first-order valence-electron chi connectivity index (χ1n) is 5.00. The highest BCUT2D eigenvalue weighted by Gasteiger charge is 2.17. The van der Waals surface area contributed by atoms with Crippen molar-refractivity contribution in [3.63, 3.8) is 0 Å². The number of rotatable bonds is 3. The Morgan fingerprint density at radius 3 is 3.06 bits per heavy atom. The Morgan fingerprint density at radius 2 is 2.38 bits per heavy atom. The van der Waals surface area contributed by atoms with Crippen LogP contribution in [0.25, 0.3) is 5.52 Å². The quantitative estimate of drug-likeness (QED) is 0.810. The summed E-state index contributed by atoms with van der Waals surface area (Å²) in [5.74, 6) is -0.103. The van der Waals surface area contributed by atoms with Gasteiger partial charge in [0, 0.05) is 6.20 Å². The van der Waals surface area contributed by atoms with Crippen molar-refractivity contribution in [2.24, 2.45) is 5.73 Å². The van der Waals surface area contributed by atoms with Crippen molar-refractivity contribution in [3.8, 4) is 0 Å². The van der Waals surface area contributed by atoms with Gasteiger partial charge in [0.25, 0.3) is 0 Å². The number of aromatic nitrogens is 2. The molecule has 0 bridgehead atoms. The first-order chi connectivity index (χ1) is 7.59. The number of carbonyl (C=O) groups is 1. The van der Waals surface area contributed by atoms with Crippen molar-refractivity contribution in [3.05, 3.63) is 35.9 Å². The van der Waals surface area contributed by atoms with E-state index in [1.54, 1.807) is 0 Å². The molecule has 16 heavy (non-hydrogen) atoms. The normalized spacial score (nSPS) is 12.9. The van der Waals surface area contributed by atoms with E-state index >= 15 is 0 Å². The van der Waals surface area contributed by atoms with Crippen LogP contribution < -0.4 is 5.73 Å². The third-order valence-electron chi connectivity index (χ3n) is 2.50. The van der Waals surface area contributed by atoms with Crippen molar-refractivity contribution >= 4 is 11.5 Å². The van der Waals surface area contributed by atoms with E-state index in [1.165, 1.54) is 0 Å². The zero-order valence-corrected chi connectivity index (χ0v) is 8.92. The SMILES string of the molecule is Cc1nc(C(N)CC(=O)O)c2ccccn12. The largest absolute Gasteiger partial charge is 0.481 e. The van der Waals surface area contributed by atoms with Gasteiger partial charge in [-0.05, 0) is 19.1 Å². The predicted molar refractivity (Wildman–Crippen MR) is 59.1 cm³/mol. The minimum atomic E-state index is -0.915. The molecule has 0 spiro atoms. The van der Waals surface area contributed by atoms with Gasteiger partial charge in [-0.1, -0.05) is 6.07 Å². The number of nitrogens with zero attached hydrogens (tertiary/aromatic N) is 2. The van der Waals surface area contributed by atoms with Crippen molar-refractivity contribution in [1.82, 2.24) is 9.38 Å². The third-order valence-corrected chi connectivity index (χ3v) is 2.50. The second-order valence-electron chi connectivity index (χ2n) is 3.70. The highest BCUT2D eigenvalue weighted by atomic mass is 16.4. The molecule has 0 aliphatic heterocycles. The van der Waals surface area contributed by atoms with E-state index in [0.29, 0.717) is 5.69 Å². The Hall–Kier alpha value is -1.88. The lowest BCUT2D eigenvalue weighted by Gasteiger charge is -2.05. The van der Waals surface area contributed by atoms with E-state index in [4.69, 9.17) is 10.8 Å². The molecule has 0 saturated heterocycles. The number of carboxylic acid groups (broad SMARTS) is 1. The number of carboxylic acids is 1. The summed E-state index contributed by atoms with van der Waals surface area (Å²) >= 11 is 0. The molecular weight excluding hydrogens is 206 g/mol. The number of hydrogen-bond acceptors (Lipinski definition) is 3. The number of nitrogens with two attached hydrogens (primary N) is 1. The first kappa shape index (κ1) is 10.6. The molecule has 2 heterocycles. The topological polar surface area (TPSA) is 80.6 Å². The fourth-order valence-electron chi connectivity index (χ4n) is 1.78. The van der Waals surface area contributed by atoms with Crippen LogP contribution in [0.1, 0.15) is 24.0 Å². The molecule has 1 atom stereocenters. The summed E-state index contributed by atoms with van der Waals surface area (Å²) < 4.78 is 1.90. The molecule has 1 unspecified atom stereocenters. The Balaban J connectivity index is 2.48. The van der Waals surface area contributed by atoms with Gasteiger partial charge in [0.1, 0.15) is 5.82 Å². The van der Waals surface area contributed by atoms with Gasteiger partial charge in [0.05, 0.1) is 23.7 Å². The minimum absolute atomic E-state index is 0.110. The lowest BCUT2D eigenvalue weighted by atomic mass is 10.1. The number of fused-ring (bicyclic) bond motifs is 1. The Bertz CT molecular complexity index is 533. The number of pyridine rings is 1. The fraction of sp³-hybridized carbons (Fsp3) is 0.273. The van der Waals surface area contributed by atoms with Gasteiger partial charge >= 0.3 is 5.97 Å². The van der Waals surface area contributed by atoms with Crippen LogP contribution in [0.15, 0.2) is 24.4 Å². The van der Waals surface area contributed by atoms with Gasteiger partial charge in [-0.15, -0.1) is 0 Å². The summed E-state index contributed by atoms with van der Waals surface area (Å²) in [6, 6.07) is 5.10. The van der Waals surface area contributed by atoms with Crippen LogP contribution in [0.3, 0.4) is 0 Å². The first-order valence-corrected chi connectivity index (χ1v) is 5.00. The van der Waals surface area contributed by atoms with E-state index < -0.39 is 12.0 Å². The predicted octanol–water partition coefficient (Wildman–Crippen LogP) is 1.12. The molecule has 2 aromatic heterocycles. The van der Waals surface area contributed by atoms with Crippen LogP contribution in [0, 0.1) is 6.92 Å². The zero-order chi connectivity index (χ0) is 11.7. The summed E-state index contributed by atoms with van der Waals surface area (Å²) in [6.07, 6.45) is 1.77. The fourth-order valence-corrected chi connectivity index (χ4v) is 1.78. The van der Waals surface area contributed by atoms with Crippen molar-refractivity contribution in [1.29, 1.82) is 0 Å². The molecule has 2 aromatic rings. The standard InChI is InChI=1S/C11H13N3O2/c1-7-13-11(8(12)6-10(15)16)9-4-2-3-5-14(7)9/h2-5,8H,6,12H2,1H3,(H,15,16). The van der Waals surface area contributed by atoms with Crippen LogP contribution >= 0.6 is 0 Å². The number of hydrogen-bond donors (Lipinski definition) is 2. The molecule has 5 nitrogen and oxygen atoms in total. The summed E-state index contributed by atoms with van der Waals surface area (Å²) in [4.78, 5) is 14.9. The number of aliphatic carboxylic acids is 1. The summed E-state index contributed by atoms with van der Waals surface area (Å²) in [7, 11) is 0. The second kappa shape index (κ2) is 3.94. The lowest BCUT2D eigenvalue weighted by Crippen LogP contribution is -2.15. The van der Waals surface area contributed by atoms with Gasteiger partial charge in [0.2, 0.25) is 0 Å². The maximum Gasteiger partial charge on any atom is 0.305 e. The molecule has 0 fully saturated rings. The van der Waals surface area contributed by atoms with Gasteiger partial charge in [-0.3, -0.25) is 4.79 Å². The molecule has 5 heteroatoms. The van der Waals surface area contributed by atoms with Gasteiger partial charge in [-0.25, -0.2) is 4.98 Å². The molecular formula is C11H13N3O2. The number of imidazole rings is 1. The monoisotopic (exact) mass is 219 g/mol. The smallest absolute Gasteiger partial charge is 0.305 e. The lowest BCUT2D eigenvalue weighted by molar-refractivity contribution is -0.137. The molecule has 84 valence electrons. The van der Waals surface area contributed by atoms with E-state index in [9.17, 15) is 4.79 Å². The van der Waals surface area contributed by atoms with Gasteiger partial charge in [-0.2, -0.15) is 0 Å². The highest BCUT2D eigenvalue weighted by molar-refractivity contribution is 5.69. The van der Waals surface area contributed by atoms with Crippen LogP contribution in [0.5, 0.6) is 0 Å². The summed E-state index contributed by atoms with van der Waals surface area (Å²) in [5.41, 5.74) is 7.33. The third kappa shape index (κ3) is 1.77. The van der Waals surface area contributed by atoms with Crippen LogP contribution in [0.2, 0.25) is 0 Å². The Kier molecular flexibility index (Phi) is 2.62. The molecule has 0 aromatic carbocycles. The van der Waals surface area contributed by atoms with E-state index in [1.807, 2.05) is 35.7 Å². The Morgan fingerprint density at radius 1 is 1.62 bits per heavy atom. The van der Waals surface area contributed by atoms with Crippen LogP contribution in [-0.2, 0) is 4.79 Å². The molecule has 0 radical (unpaired) electrons. The van der Waals surface area contributed by atoms with Crippen molar-refractivity contribution in [2.75, 3.05) is 0 Å². The van der Waals surface area contributed by atoms with Crippen molar-refractivity contribution in [2.45, 2.75) is 19.4 Å². The summed E-state index contributed by atoms with van der Waals surface area (Å²) in [5, 5.41) is 8.71. The maximum absolute atomic E-state index is 10.6. The average molecular weight is 219 g/mol. The van der Waals surface area contributed by atoms with Gasteiger partial charge in [0.15, 0.2) is 0 Å². The highest BCUT2D eigenvalue weighted by Crippen LogP contribution is 2.20. The zero-order valence-electron chi connectivity index (χ0n) is 8.92. The molecule has 0 saturated carbocycles. The molecule has 0 aliphatic rings. The Labute approximate surface area is 92.5 Å². The molecule has 0 aliphatic carbocycles.